The van der Waals surface area contributed by atoms with Crippen LogP contribution in [0.15, 0.2) is 16.6 Å². The zero-order valence-corrected chi connectivity index (χ0v) is 10.3. The van der Waals surface area contributed by atoms with Crippen LogP contribution < -0.4 is 0 Å². The van der Waals surface area contributed by atoms with Gasteiger partial charge in [-0.15, -0.1) is 0 Å². The molecule has 72 valence electrons. The second-order valence-corrected chi connectivity index (χ2v) is 4.48. The first-order valence-corrected chi connectivity index (χ1v) is 5.23. The molecule has 0 amide bonds. The van der Waals surface area contributed by atoms with Crippen molar-refractivity contribution in [1.29, 1.82) is 0 Å². The number of hydrogen-bond donors (Lipinski definition) is 0. The minimum absolute atomic E-state index is 0.0926. The molecule has 1 aromatic carbocycles. The molecule has 1 rings (SSSR count). The Balaban J connectivity index is 3.43. The lowest BCUT2D eigenvalue weighted by Gasteiger charge is -2.12. The van der Waals surface area contributed by atoms with Gasteiger partial charge >= 0.3 is 6.18 Å². The van der Waals surface area contributed by atoms with E-state index in [4.69, 9.17) is 0 Å². The lowest BCUT2D eigenvalue weighted by atomic mass is 10.1. The Morgan fingerprint density at radius 2 is 1.85 bits per heavy atom. The van der Waals surface area contributed by atoms with Gasteiger partial charge in [-0.3, -0.25) is 0 Å². The molecule has 0 N–H and O–H groups in total. The standard InChI is InChI=1S/C8H5BrF3I/c1-4-2-3-5(9)6(7(4)13)8(10,11)12/h2-3H,1H3. The number of halogens is 5. The molecule has 0 fully saturated rings. The quantitative estimate of drug-likeness (QED) is 0.599. The third kappa shape index (κ3) is 2.37. The van der Waals surface area contributed by atoms with Crippen molar-refractivity contribution in [2.45, 2.75) is 13.1 Å². The number of aryl methyl sites for hydroxylation is 1. The molecular weight excluding hydrogens is 360 g/mol. The summed E-state index contributed by atoms with van der Waals surface area (Å²) in [5, 5.41) is 0. The summed E-state index contributed by atoms with van der Waals surface area (Å²) >= 11 is 4.60. The SMILES string of the molecule is Cc1ccc(Br)c(C(F)(F)F)c1I. The van der Waals surface area contributed by atoms with Crippen molar-refractivity contribution in [3.05, 3.63) is 31.3 Å². The van der Waals surface area contributed by atoms with Crippen LogP contribution in [0.5, 0.6) is 0 Å². The summed E-state index contributed by atoms with van der Waals surface area (Å²) in [5.74, 6) is 0. The van der Waals surface area contributed by atoms with E-state index in [9.17, 15) is 13.2 Å². The Bertz CT molecular complexity index is 333. The fourth-order valence-electron chi connectivity index (χ4n) is 0.917. The van der Waals surface area contributed by atoms with Crippen LogP contribution in [0.4, 0.5) is 13.2 Å². The lowest BCUT2D eigenvalue weighted by Crippen LogP contribution is -2.09. The largest absolute Gasteiger partial charge is 0.418 e. The highest BCUT2D eigenvalue weighted by atomic mass is 127. The third-order valence-electron chi connectivity index (χ3n) is 1.57. The van der Waals surface area contributed by atoms with Gasteiger partial charge < -0.3 is 0 Å². The van der Waals surface area contributed by atoms with Gasteiger partial charge in [0, 0.05) is 8.04 Å². The van der Waals surface area contributed by atoms with Crippen LogP contribution >= 0.6 is 38.5 Å². The minimum Gasteiger partial charge on any atom is -0.166 e. The van der Waals surface area contributed by atoms with Crippen LogP contribution in [0.25, 0.3) is 0 Å². The molecule has 13 heavy (non-hydrogen) atoms. The molecule has 0 aliphatic heterocycles. The highest BCUT2D eigenvalue weighted by molar-refractivity contribution is 14.1. The molecule has 0 spiro atoms. The Kier molecular flexibility index (Phi) is 3.27. The predicted octanol–water partition coefficient (Wildman–Crippen LogP) is 4.38. The first kappa shape index (κ1) is 11.3. The molecule has 0 saturated carbocycles. The van der Waals surface area contributed by atoms with Crippen LogP contribution in [0.2, 0.25) is 0 Å². The molecule has 0 atom stereocenters. The number of alkyl halides is 3. The van der Waals surface area contributed by atoms with Gasteiger partial charge in [-0.25, -0.2) is 0 Å². The highest BCUT2D eigenvalue weighted by Crippen LogP contribution is 2.38. The Hall–Kier alpha value is 0.220. The number of hydrogen-bond acceptors (Lipinski definition) is 0. The summed E-state index contributed by atoms with van der Waals surface area (Å²) in [4.78, 5) is 0. The van der Waals surface area contributed by atoms with Gasteiger partial charge in [0.25, 0.3) is 0 Å². The van der Waals surface area contributed by atoms with Crippen molar-refractivity contribution in [2.24, 2.45) is 0 Å². The van der Waals surface area contributed by atoms with E-state index in [2.05, 4.69) is 15.9 Å². The van der Waals surface area contributed by atoms with Crippen LogP contribution in [0, 0.1) is 10.5 Å². The summed E-state index contributed by atoms with van der Waals surface area (Å²) in [6.07, 6.45) is -4.29. The van der Waals surface area contributed by atoms with Crippen molar-refractivity contribution >= 4 is 38.5 Å². The molecule has 5 heteroatoms. The summed E-state index contributed by atoms with van der Waals surface area (Å²) in [5.41, 5.74) is 0.0456. The van der Waals surface area contributed by atoms with Crippen LogP contribution in [0.1, 0.15) is 11.1 Å². The second-order valence-electron chi connectivity index (χ2n) is 2.55. The van der Waals surface area contributed by atoms with Gasteiger partial charge in [-0.05, 0) is 41.1 Å². The van der Waals surface area contributed by atoms with Crippen molar-refractivity contribution in [1.82, 2.24) is 0 Å². The van der Waals surface area contributed by atoms with Crippen LogP contribution in [0.3, 0.4) is 0 Å². The van der Waals surface area contributed by atoms with E-state index in [1.54, 1.807) is 35.6 Å². The molecule has 0 radical (unpaired) electrons. The zero-order valence-electron chi connectivity index (χ0n) is 6.54. The van der Waals surface area contributed by atoms with E-state index in [1.807, 2.05) is 0 Å². The maximum absolute atomic E-state index is 12.5. The molecule has 0 heterocycles. The van der Waals surface area contributed by atoms with Crippen molar-refractivity contribution < 1.29 is 13.2 Å². The number of benzene rings is 1. The molecule has 0 unspecified atom stereocenters. The zero-order chi connectivity index (χ0) is 10.2. The maximum Gasteiger partial charge on any atom is 0.418 e. The molecule has 0 aromatic heterocycles. The Morgan fingerprint density at radius 3 is 2.23 bits per heavy atom. The molecule has 0 aliphatic rings. The first-order valence-electron chi connectivity index (χ1n) is 3.36. The molecular formula is C8H5BrF3I. The van der Waals surface area contributed by atoms with E-state index in [0.717, 1.165) is 0 Å². The monoisotopic (exact) mass is 364 g/mol. The summed E-state index contributed by atoms with van der Waals surface area (Å²) in [7, 11) is 0. The van der Waals surface area contributed by atoms with Gasteiger partial charge in [0.2, 0.25) is 0 Å². The van der Waals surface area contributed by atoms with E-state index < -0.39 is 11.7 Å². The van der Waals surface area contributed by atoms with E-state index in [1.165, 1.54) is 6.07 Å². The fourth-order valence-corrected chi connectivity index (χ4v) is 2.62. The van der Waals surface area contributed by atoms with E-state index in [-0.39, 0.29) is 8.04 Å². The lowest BCUT2D eigenvalue weighted by molar-refractivity contribution is -0.138. The molecule has 0 bridgehead atoms. The smallest absolute Gasteiger partial charge is 0.166 e. The predicted molar refractivity (Wildman–Crippen MR) is 56.6 cm³/mol. The van der Waals surface area contributed by atoms with Crippen LogP contribution in [-0.4, -0.2) is 0 Å². The van der Waals surface area contributed by atoms with Gasteiger partial charge in [-0.1, -0.05) is 22.0 Å². The van der Waals surface area contributed by atoms with Crippen molar-refractivity contribution in [3.63, 3.8) is 0 Å². The summed E-state index contributed by atoms with van der Waals surface area (Å²) in [6, 6.07) is 3.07. The molecule has 1 aromatic rings. The number of rotatable bonds is 0. The molecule has 0 aliphatic carbocycles. The minimum atomic E-state index is -4.29. The van der Waals surface area contributed by atoms with Gasteiger partial charge in [0.15, 0.2) is 0 Å². The van der Waals surface area contributed by atoms with E-state index in [0.29, 0.717) is 5.56 Å². The normalized spacial score (nSPS) is 11.8. The van der Waals surface area contributed by atoms with Gasteiger partial charge in [-0.2, -0.15) is 13.2 Å². The second kappa shape index (κ2) is 3.76. The molecule has 0 saturated heterocycles. The van der Waals surface area contributed by atoms with E-state index >= 15 is 0 Å². The van der Waals surface area contributed by atoms with Gasteiger partial charge in [0.1, 0.15) is 0 Å². The summed E-state index contributed by atoms with van der Waals surface area (Å²) < 4.78 is 37.7. The van der Waals surface area contributed by atoms with Crippen molar-refractivity contribution in [2.75, 3.05) is 0 Å². The molecule has 0 nitrogen and oxygen atoms in total. The fraction of sp³-hybridized carbons (Fsp3) is 0.250. The Labute approximate surface area is 95.8 Å². The van der Waals surface area contributed by atoms with Gasteiger partial charge in [0.05, 0.1) is 5.56 Å². The topological polar surface area (TPSA) is 0 Å². The van der Waals surface area contributed by atoms with Crippen LogP contribution in [-0.2, 0) is 6.18 Å². The highest BCUT2D eigenvalue weighted by Gasteiger charge is 2.35. The first-order chi connectivity index (χ1) is 5.84. The maximum atomic E-state index is 12.5. The average molecular weight is 365 g/mol. The summed E-state index contributed by atoms with van der Waals surface area (Å²) in [6.45, 7) is 1.66. The Morgan fingerprint density at radius 1 is 1.31 bits per heavy atom. The third-order valence-corrected chi connectivity index (χ3v) is 3.62. The average Bonchev–Trinajstić information content (AvgIpc) is 1.95. The van der Waals surface area contributed by atoms with Crippen molar-refractivity contribution in [3.8, 4) is 0 Å².